The molecule has 0 aromatic heterocycles. The van der Waals surface area contributed by atoms with Crippen LogP contribution in [0.25, 0.3) is 0 Å². The fraction of sp³-hybridized carbons (Fsp3) is 0.900. The average Bonchev–Trinajstić information content (AvgIpc) is 2.41. The van der Waals surface area contributed by atoms with E-state index in [0.29, 0.717) is 12.8 Å². The molecule has 2 saturated heterocycles. The van der Waals surface area contributed by atoms with Gasteiger partial charge in [-0.15, -0.1) is 0 Å². The van der Waals surface area contributed by atoms with Crippen molar-refractivity contribution < 1.29 is 13.2 Å². The molecule has 2 fully saturated rings. The zero-order valence-electron chi connectivity index (χ0n) is 9.24. The van der Waals surface area contributed by atoms with E-state index in [1.807, 2.05) is 0 Å². The fourth-order valence-electron chi connectivity index (χ4n) is 2.38. The van der Waals surface area contributed by atoms with Crippen molar-refractivity contribution in [2.75, 3.05) is 18.1 Å². The van der Waals surface area contributed by atoms with Crippen LogP contribution in [0.5, 0.6) is 0 Å². The first-order chi connectivity index (χ1) is 7.55. The van der Waals surface area contributed by atoms with Crippen molar-refractivity contribution in [3.05, 3.63) is 0 Å². The molecule has 1 amide bonds. The highest BCUT2D eigenvalue weighted by atomic mass is 32.2. The molecular formula is C10H18N2O3S. The molecule has 2 N–H and O–H groups in total. The van der Waals surface area contributed by atoms with Crippen LogP contribution < -0.4 is 10.6 Å². The number of carbonyl (C=O) groups excluding carboxylic acids is 1. The van der Waals surface area contributed by atoms with E-state index in [1.165, 1.54) is 0 Å². The minimum absolute atomic E-state index is 0.0425. The summed E-state index contributed by atoms with van der Waals surface area (Å²) < 4.78 is 22.6. The summed E-state index contributed by atoms with van der Waals surface area (Å²) in [5.74, 6) is 0.574. The summed E-state index contributed by atoms with van der Waals surface area (Å²) in [7, 11) is -2.83. The molecule has 2 atom stereocenters. The molecule has 0 aliphatic carbocycles. The average molecular weight is 246 g/mol. The standard InChI is InChI=1S/C10H18N2O3S/c13-10-6-8(2-1-4-11-10)12-9-3-5-16(14,15)7-9/h8-9,12H,1-7H2,(H,11,13). The molecule has 5 nitrogen and oxygen atoms in total. The van der Waals surface area contributed by atoms with Crippen LogP contribution in [-0.4, -0.2) is 44.5 Å². The van der Waals surface area contributed by atoms with Crippen molar-refractivity contribution in [1.29, 1.82) is 0 Å². The maximum atomic E-state index is 11.3. The number of sulfone groups is 1. The van der Waals surface area contributed by atoms with Gasteiger partial charge in [0.25, 0.3) is 0 Å². The van der Waals surface area contributed by atoms with Crippen LogP contribution >= 0.6 is 0 Å². The van der Waals surface area contributed by atoms with Gasteiger partial charge in [-0.2, -0.15) is 0 Å². The Morgan fingerprint density at radius 1 is 1.25 bits per heavy atom. The maximum absolute atomic E-state index is 11.3. The Kier molecular flexibility index (Phi) is 3.49. The molecule has 6 heteroatoms. The van der Waals surface area contributed by atoms with E-state index < -0.39 is 9.84 Å². The fourth-order valence-corrected chi connectivity index (χ4v) is 4.06. The van der Waals surface area contributed by atoms with Crippen LogP contribution in [0.1, 0.15) is 25.7 Å². The van der Waals surface area contributed by atoms with Crippen molar-refractivity contribution in [1.82, 2.24) is 10.6 Å². The quantitative estimate of drug-likeness (QED) is 0.684. The number of rotatable bonds is 2. The largest absolute Gasteiger partial charge is 0.356 e. The Bertz CT molecular complexity index is 366. The molecule has 2 aliphatic rings. The van der Waals surface area contributed by atoms with E-state index >= 15 is 0 Å². The Labute approximate surface area is 95.9 Å². The lowest BCUT2D eigenvalue weighted by atomic mass is 10.1. The molecule has 16 heavy (non-hydrogen) atoms. The molecule has 2 unspecified atom stereocenters. The first kappa shape index (κ1) is 11.9. The van der Waals surface area contributed by atoms with Crippen LogP contribution in [0.15, 0.2) is 0 Å². The number of carbonyl (C=O) groups is 1. The van der Waals surface area contributed by atoms with Gasteiger partial charge in [-0.3, -0.25) is 4.79 Å². The normalized spacial score (nSPS) is 34.4. The smallest absolute Gasteiger partial charge is 0.221 e. The first-order valence-electron chi connectivity index (χ1n) is 5.78. The summed E-state index contributed by atoms with van der Waals surface area (Å²) in [5.41, 5.74) is 0. The molecule has 0 aromatic carbocycles. The molecule has 0 spiro atoms. The third kappa shape index (κ3) is 3.18. The number of nitrogens with one attached hydrogen (secondary N) is 2. The van der Waals surface area contributed by atoms with Gasteiger partial charge in [0.15, 0.2) is 9.84 Å². The summed E-state index contributed by atoms with van der Waals surface area (Å²) in [5, 5.41) is 6.12. The molecular weight excluding hydrogens is 228 g/mol. The van der Waals surface area contributed by atoms with Crippen LogP contribution in [0, 0.1) is 0 Å². The third-order valence-corrected chi connectivity index (χ3v) is 4.96. The zero-order chi connectivity index (χ0) is 11.6. The van der Waals surface area contributed by atoms with Gasteiger partial charge in [0, 0.05) is 25.0 Å². The molecule has 0 saturated carbocycles. The van der Waals surface area contributed by atoms with Gasteiger partial charge >= 0.3 is 0 Å². The highest BCUT2D eigenvalue weighted by Gasteiger charge is 2.30. The van der Waals surface area contributed by atoms with Crippen molar-refractivity contribution >= 4 is 15.7 Å². The van der Waals surface area contributed by atoms with Crippen LogP contribution in [0.4, 0.5) is 0 Å². The van der Waals surface area contributed by atoms with Crippen LogP contribution in [0.3, 0.4) is 0 Å². The third-order valence-electron chi connectivity index (χ3n) is 3.19. The first-order valence-corrected chi connectivity index (χ1v) is 7.60. The van der Waals surface area contributed by atoms with Gasteiger partial charge in [0.2, 0.25) is 5.91 Å². The van der Waals surface area contributed by atoms with Gasteiger partial charge < -0.3 is 10.6 Å². The van der Waals surface area contributed by atoms with E-state index in [-0.39, 0.29) is 29.5 Å². The van der Waals surface area contributed by atoms with E-state index in [1.54, 1.807) is 0 Å². The van der Waals surface area contributed by atoms with Gasteiger partial charge in [-0.1, -0.05) is 0 Å². The van der Waals surface area contributed by atoms with Gasteiger partial charge in [0.1, 0.15) is 0 Å². The second-order valence-corrected chi connectivity index (χ2v) is 6.89. The number of hydrogen-bond donors (Lipinski definition) is 2. The molecule has 0 radical (unpaired) electrons. The molecule has 0 aromatic rings. The van der Waals surface area contributed by atoms with Crippen LogP contribution in [-0.2, 0) is 14.6 Å². The summed E-state index contributed by atoms with van der Waals surface area (Å²) in [6.45, 7) is 0.736. The van der Waals surface area contributed by atoms with E-state index in [0.717, 1.165) is 19.4 Å². The lowest BCUT2D eigenvalue weighted by molar-refractivity contribution is -0.121. The Hall–Kier alpha value is -0.620. The highest BCUT2D eigenvalue weighted by molar-refractivity contribution is 7.91. The van der Waals surface area contributed by atoms with E-state index in [9.17, 15) is 13.2 Å². The van der Waals surface area contributed by atoms with E-state index in [2.05, 4.69) is 10.6 Å². The minimum Gasteiger partial charge on any atom is -0.356 e. The molecule has 2 aliphatic heterocycles. The topological polar surface area (TPSA) is 75.3 Å². The second kappa shape index (κ2) is 4.71. The SMILES string of the molecule is O=C1CC(NC2CCS(=O)(=O)C2)CCCN1. The Morgan fingerprint density at radius 3 is 2.75 bits per heavy atom. The number of amides is 1. The highest BCUT2D eigenvalue weighted by Crippen LogP contribution is 2.15. The van der Waals surface area contributed by atoms with Crippen molar-refractivity contribution in [3.8, 4) is 0 Å². The second-order valence-electron chi connectivity index (χ2n) is 4.66. The predicted molar refractivity (Wildman–Crippen MR) is 60.8 cm³/mol. The summed E-state index contributed by atoms with van der Waals surface area (Å²) in [6.07, 6.45) is 3.05. The minimum atomic E-state index is -2.83. The monoisotopic (exact) mass is 246 g/mol. The van der Waals surface area contributed by atoms with Gasteiger partial charge in [-0.05, 0) is 19.3 Å². The predicted octanol–water partition coefficient (Wildman–Crippen LogP) is -0.568. The summed E-state index contributed by atoms with van der Waals surface area (Å²) >= 11 is 0. The molecule has 0 bridgehead atoms. The molecule has 2 heterocycles. The van der Waals surface area contributed by atoms with E-state index in [4.69, 9.17) is 0 Å². The molecule has 2 rings (SSSR count). The van der Waals surface area contributed by atoms with Crippen molar-refractivity contribution in [2.45, 2.75) is 37.8 Å². The van der Waals surface area contributed by atoms with Crippen molar-refractivity contribution in [3.63, 3.8) is 0 Å². The van der Waals surface area contributed by atoms with Crippen molar-refractivity contribution in [2.24, 2.45) is 0 Å². The lowest BCUT2D eigenvalue weighted by Gasteiger charge is -2.19. The van der Waals surface area contributed by atoms with Gasteiger partial charge in [0.05, 0.1) is 11.5 Å². The van der Waals surface area contributed by atoms with Gasteiger partial charge in [-0.25, -0.2) is 8.42 Å². The number of hydrogen-bond acceptors (Lipinski definition) is 4. The Balaban J connectivity index is 1.87. The lowest BCUT2D eigenvalue weighted by Crippen LogP contribution is -2.40. The maximum Gasteiger partial charge on any atom is 0.221 e. The summed E-state index contributed by atoms with van der Waals surface area (Å²) in [6, 6.07) is 0.182. The zero-order valence-corrected chi connectivity index (χ0v) is 10.1. The summed E-state index contributed by atoms with van der Waals surface area (Å²) in [4.78, 5) is 11.3. The Morgan fingerprint density at radius 2 is 2.06 bits per heavy atom. The van der Waals surface area contributed by atoms with Crippen LogP contribution in [0.2, 0.25) is 0 Å². The molecule has 92 valence electrons.